The predicted molar refractivity (Wildman–Crippen MR) is 71.5 cm³/mol. The molecule has 0 fully saturated rings. The molecule has 0 radical (unpaired) electrons. The molecule has 1 heterocycles. The Hall–Kier alpha value is -2.02. The summed E-state index contributed by atoms with van der Waals surface area (Å²) < 4.78 is 16.2. The fourth-order valence-electron chi connectivity index (χ4n) is 1.54. The van der Waals surface area contributed by atoms with Crippen LogP contribution < -0.4 is 25.4 Å². The van der Waals surface area contributed by atoms with Gasteiger partial charge in [-0.3, -0.25) is 5.43 Å². The molecule has 6 nitrogen and oxygen atoms in total. The minimum atomic E-state index is 0.107. The zero-order valence-electron chi connectivity index (χ0n) is 9.80. The average Bonchev–Trinajstić information content (AvgIpc) is 2.37. The van der Waals surface area contributed by atoms with Crippen LogP contribution in [0.25, 0.3) is 0 Å². The molecule has 0 unspecified atom stereocenters. The molecular formula is C11H13N3O3S. The number of fused-ring (bicyclic) bond motifs is 1. The zero-order valence-corrected chi connectivity index (χ0v) is 10.6. The molecule has 18 heavy (non-hydrogen) atoms. The van der Waals surface area contributed by atoms with E-state index in [9.17, 15) is 0 Å². The van der Waals surface area contributed by atoms with Gasteiger partial charge in [-0.15, -0.1) is 0 Å². The highest BCUT2D eigenvalue weighted by atomic mass is 32.1. The monoisotopic (exact) mass is 267 g/mol. The number of hydrazone groups is 1. The first kappa shape index (κ1) is 12.4. The van der Waals surface area contributed by atoms with Crippen LogP contribution in [-0.4, -0.2) is 31.7 Å². The molecule has 0 amide bonds. The van der Waals surface area contributed by atoms with E-state index >= 15 is 0 Å². The van der Waals surface area contributed by atoms with Crippen LogP contribution in [0.4, 0.5) is 0 Å². The third-order valence-corrected chi connectivity index (χ3v) is 2.33. The molecule has 3 N–H and O–H groups in total. The van der Waals surface area contributed by atoms with Crippen LogP contribution >= 0.6 is 12.2 Å². The Morgan fingerprint density at radius 2 is 2.28 bits per heavy atom. The molecule has 2 rings (SSSR count). The smallest absolute Gasteiger partial charge is 0.203 e. The number of nitrogens with one attached hydrogen (secondary N) is 1. The molecule has 0 bridgehead atoms. The molecule has 0 atom stereocenters. The van der Waals surface area contributed by atoms with E-state index < -0.39 is 0 Å². The van der Waals surface area contributed by atoms with Crippen LogP contribution in [-0.2, 0) is 0 Å². The Kier molecular flexibility index (Phi) is 3.83. The second-order valence-corrected chi connectivity index (χ2v) is 3.92. The van der Waals surface area contributed by atoms with Gasteiger partial charge in [0.2, 0.25) is 5.75 Å². The van der Waals surface area contributed by atoms with Gasteiger partial charge in [0.05, 0.1) is 13.3 Å². The van der Waals surface area contributed by atoms with Gasteiger partial charge in [0.25, 0.3) is 0 Å². The summed E-state index contributed by atoms with van der Waals surface area (Å²) in [5.74, 6) is 1.85. The number of rotatable bonds is 3. The molecule has 96 valence electrons. The van der Waals surface area contributed by atoms with Crippen LogP contribution in [0.2, 0.25) is 0 Å². The molecule has 1 aliphatic rings. The first-order chi connectivity index (χ1) is 8.70. The Morgan fingerprint density at radius 3 is 3.00 bits per heavy atom. The summed E-state index contributed by atoms with van der Waals surface area (Å²) in [6.45, 7) is 1.03. The number of methoxy groups -OCH3 is 1. The van der Waals surface area contributed by atoms with Crippen molar-refractivity contribution in [2.75, 3.05) is 20.3 Å². The molecule has 1 aliphatic heterocycles. The summed E-state index contributed by atoms with van der Waals surface area (Å²) in [4.78, 5) is 0. The van der Waals surface area contributed by atoms with Crippen molar-refractivity contribution >= 4 is 23.5 Å². The maximum absolute atomic E-state index is 5.50. The van der Waals surface area contributed by atoms with Gasteiger partial charge in [-0.05, 0) is 24.4 Å². The summed E-state index contributed by atoms with van der Waals surface area (Å²) in [7, 11) is 1.57. The second kappa shape index (κ2) is 5.54. The fraction of sp³-hybridized carbons (Fsp3) is 0.273. The van der Waals surface area contributed by atoms with Gasteiger partial charge in [-0.2, -0.15) is 5.10 Å². The van der Waals surface area contributed by atoms with Crippen LogP contribution in [0, 0.1) is 0 Å². The minimum Gasteiger partial charge on any atom is -0.493 e. The summed E-state index contributed by atoms with van der Waals surface area (Å²) in [6, 6.07) is 3.60. The quantitative estimate of drug-likeness (QED) is 0.475. The third kappa shape index (κ3) is 2.80. The summed E-state index contributed by atoms with van der Waals surface area (Å²) >= 11 is 4.64. The van der Waals surface area contributed by atoms with Crippen molar-refractivity contribution in [3.63, 3.8) is 0 Å². The summed E-state index contributed by atoms with van der Waals surface area (Å²) in [6.07, 6.45) is 1.57. The van der Waals surface area contributed by atoms with Crippen molar-refractivity contribution in [2.45, 2.75) is 0 Å². The standard InChI is InChI=1S/C11H13N3O3S/c1-15-8-4-7(6-13-14-11(12)18)5-9-10(8)17-3-2-16-9/h4-6H,2-3H2,1H3,(H3,12,14,18)/b13-6+. The number of ether oxygens (including phenoxy) is 3. The predicted octanol–water partition coefficient (Wildman–Crippen LogP) is 0.633. The van der Waals surface area contributed by atoms with Gasteiger partial charge in [0.15, 0.2) is 16.6 Å². The molecule has 1 aromatic carbocycles. The molecular weight excluding hydrogens is 254 g/mol. The number of hydrogen-bond donors (Lipinski definition) is 2. The van der Waals surface area contributed by atoms with Gasteiger partial charge >= 0.3 is 0 Å². The maximum atomic E-state index is 5.50. The molecule has 0 aromatic heterocycles. The number of benzene rings is 1. The van der Waals surface area contributed by atoms with Crippen LogP contribution in [0.5, 0.6) is 17.2 Å². The van der Waals surface area contributed by atoms with E-state index in [0.29, 0.717) is 30.5 Å². The molecule has 0 saturated heterocycles. The topological polar surface area (TPSA) is 78.1 Å². The first-order valence-electron chi connectivity index (χ1n) is 5.27. The van der Waals surface area contributed by atoms with Crippen molar-refractivity contribution in [3.8, 4) is 17.2 Å². The molecule has 0 spiro atoms. The molecule has 0 saturated carbocycles. The number of nitrogens with zero attached hydrogens (tertiary/aromatic N) is 1. The highest BCUT2D eigenvalue weighted by Crippen LogP contribution is 2.39. The Balaban J connectivity index is 2.26. The summed E-state index contributed by atoms with van der Waals surface area (Å²) in [5, 5.41) is 3.98. The maximum Gasteiger partial charge on any atom is 0.203 e. The zero-order chi connectivity index (χ0) is 13.0. The SMILES string of the molecule is COc1cc(/C=N/NC(N)=S)cc2c1OCCO2. The van der Waals surface area contributed by atoms with Crippen molar-refractivity contribution < 1.29 is 14.2 Å². The lowest BCUT2D eigenvalue weighted by Gasteiger charge is -2.20. The lowest BCUT2D eigenvalue weighted by molar-refractivity contribution is 0.165. The molecule has 7 heteroatoms. The van der Waals surface area contributed by atoms with Crippen LogP contribution in [0.1, 0.15) is 5.56 Å². The van der Waals surface area contributed by atoms with Gasteiger partial charge in [-0.25, -0.2) is 0 Å². The van der Waals surface area contributed by atoms with E-state index in [1.54, 1.807) is 19.4 Å². The highest BCUT2D eigenvalue weighted by molar-refractivity contribution is 7.80. The van der Waals surface area contributed by atoms with Crippen molar-refractivity contribution in [1.29, 1.82) is 0 Å². The van der Waals surface area contributed by atoms with E-state index in [1.807, 2.05) is 6.07 Å². The highest BCUT2D eigenvalue weighted by Gasteiger charge is 2.17. The van der Waals surface area contributed by atoms with Gasteiger partial charge in [0.1, 0.15) is 13.2 Å². The van der Waals surface area contributed by atoms with E-state index in [0.717, 1.165) is 5.56 Å². The largest absolute Gasteiger partial charge is 0.493 e. The van der Waals surface area contributed by atoms with Crippen molar-refractivity contribution in [1.82, 2.24) is 5.43 Å². The van der Waals surface area contributed by atoms with E-state index in [-0.39, 0.29) is 5.11 Å². The van der Waals surface area contributed by atoms with E-state index in [4.69, 9.17) is 19.9 Å². The first-order valence-corrected chi connectivity index (χ1v) is 5.67. The number of nitrogens with two attached hydrogens (primary N) is 1. The lowest BCUT2D eigenvalue weighted by Crippen LogP contribution is -2.24. The minimum absolute atomic E-state index is 0.107. The van der Waals surface area contributed by atoms with Crippen LogP contribution in [0.15, 0.2) is 17.2 Å². The Labute approximate surface area is 110 Å². The average molecular weight is 267 g/mol. The van der Waals surface area contributed by atoms with E-state index in [2.05, 4.69) is 22.7 Å². The lowest BCUT2D eigenvalue weighted by atomic mass is 10.2. The van der Waals surface area contributed by atoms with Crippen molar-refractivity contribution in [3.05, 3.63) is 17.7 Å². The number of hydrogen-bond acceptors (Lipinski definition) is 5. The Morgan fingerprint density at radius 1 is 1.50 bits per heavy atom. The normalized spacial score (nSPS) is 13.4. The fourth-order valence-corrected chi connectivity index (χ4v) is 1.59. The molecule has 1 aromatic rings. The number of thiocarbonyl (C=S) groups is 1. The third-order valence-electron chi connectivity index (χ3n) is 2.24. The van der Waals surface area contributed by atoms with Crippen molar-refractivity contribution in [2.24, 2.45) is 10.8 Å². The molecule has 0 aliphatic carbocycles. The van der Waals surface area contributed by atoms with Crippen LogP contribution in [0.3, 0.4) is 0 Å². The van der Waals surface area contributed by atoms with Gasteiger partial charge in [-0.1, -0.05) is 0 Å². The van der Waals surface area contributed by atoms with Gasteiger partial charge < -0.3 is 19.9 Å². The van der Waals surface area contributed by atoms with E-state index in [1.165, 1.54) is 0 Å². The Bertz CT molecular complexity index is 473. The second-order valence-electron chi connectivity index (χ2n) is 3.48. The summed E-state index contributed by atoms with van der Waals surface area (Å²) in [5.41, 5.74) is 8.53. The van der Waals surface area contributed by atoms with Gasteiger partial charge in [0, 0.05) is 5.56 Å².